The molecular weight excluding hydrogens is 328 g/mol. The predicted molar refractivity (Wildman–Crippen MR) is 99.8 cm³/mol. The molecule has 2 aromatic carbocycles. The first-order chi connectivity index (χ1) is 12.5. The van der Waals surface area contributed by atoms with Gasteiger partial charge in [0.1, 0.15) is 5.75 Å². The van der Waals surface area contributed by atoms with Gasteiger partial charge in [-0.25, -0.2) is 0 Å². The summed E-state index contributed by atoms with van der Waals surface area (Å²) >= 11 is 0. The van der Waals surface area contributed by atoms with E-state index in [1.807, 2.05) is 54.3 Å². The number of anilines is 1. The van der Waals surface area contributed by atoms with Crippen LogP contribution in [0.4, 0.5) is 5.69 Å². The van der Waals surface area contributed by atoms with Crippen LogP contribution < -0.4 is 9.64 Å². The summed E-state index contributed by atoms with van der Waals surface area (Å²) in [5, 5.41) is 0. The highest BCUT2D eigenvalue weighted by atomic mass is 16.5. The Bertz CT molecular complexity index is 908. The van der Waals surface area contributed by atoms with Gasteiger partial charge in [0, 0.05) is 31.4 Å². The van der Waals surface area contributed by atoms with E-state index in [0.717, 1.165) is 22.6 Å². The molecule has 26 heavy (non-hydrogen) atoms. The third-order valence-electron chi connectivity index (χ3n) is 5.73. The number of ether oxygens (including phenoxy) is 1. The molecule has 2 heterocycles. The van der Waals surface area contributed by atoms with Crippen LogP contribution in [0.25, 0.3) is 0 Å². The van der Waals surface area contributed by atoms with Gasteiger partial charge in [-0.05, 0) is 48.7 Å². The van der Waals surface area contributed by atoms with E-state index in [-0.39, 0.29) is 11.8 Å². The van der Waals surface area contributed by atoms with Crippen molar-refractivity contribution in [3.8, 4) is 5.75 Å². The Hall–Kier alpha value is -2.82. The second kappa shape index (κ2) is 5.87. The van der Waals surface area contributed by atoms with Crippen molar-refractivity contribution in [1.82, 2.24) is 4.90 Å². The summed E-state index contributed by atoms with van der Waals surface area (Å²) in [4.78, 5) is 29.6. The highest BCUT2D eigenvalue weighted by Crippen LogP contribution is 2.48. The zero-order valence-electron chi connectivity index (χ0n) is 15.3. The number of amides is 2. The Morgan fingerprint density at radius 1 is 1.19 bits per heavy atom. The van der Waals surface area contributed by atoms with E-state index in [4.69, 9.17) is 4.74 Å². The van der Waals surface area contributed by atoms with Crippen LogP contribution in [0.3, 0.4) is 0 Å². The number of likely N-dealkylation sites (tertiary alicyclic amines) is 1. The Morgan fingerprint density at radius 3 is 2.69 bits per heavy atom. The SMILES string of the molecule is COc1ccc2c(c1)[C@@]1(CCN(C(=O)c3ccccc3C)C1)C(=O)N2C. The van der Waals surface area contributed by atoms with E-state index >= 15 is 0 Å². The van der Waals surface area contributed by atoms with Crippen LogP contribution in [0, 0.1) is 6.92 Å². The number of fused-ring (bicyclic) bond motifs is 2. The summed E-state index contributed by atoms with van der Waals surface area (Å²) in [6.07, 6.45) is 0.633. The molecule has 0 radical (unpaired) electrons. The summed E-state index contributed by atoms with van der Waals surface area (Å²) in [5.74, 6) is 0.780. The fourth-order valence-corrected chi connectivity index (χ4v) is 4.22. The fraction of sp³-hybridized carbons (Fsp3) is 0.333. The van der Waals surface area contributed by atoms with Crippen molar-refractivity contribution in [3.05, 3.63) is 59.2 Å². The van der Waals surface area contributed by atoms with Crippen molar-refractivity contribution in [2.24, 2.45) is 0 Å². The highest BCUT2D eigenvalue weighted by Gasteiger charge is 2.54. The Kier molecular flexibility index (Phi) is 3.75. The number of hydrogen-bond donors (Lipinski definition) is 0. The van der Waals surface area contributed by atoms with Crippen LogP contribution in [0.2, 0.25) is 0 Å². The Balaban J connectivity index is 1.71. The molecule has 2 aliphatic heterocycles. The molecule has 5 heteroatoms. The lowest BCUT2D eigenvalue weighted by Gasteiger charge is -2.24. The van der Waals surface area contributed by atoms with Crippen LogP contribution in [-0.2, 0) is 10.2 Å². The van der Waals surface area contributed by atoms with Crippen molar-refractivity contribution >= 4 is 17.5 Å². The number of rotatable bonds is 2. The van der Waals surface area contributed by atoms with Gasteiger partial charge in [-0.1, -0.05) is 18.2 Å². The van der Waals surface area contributed by atoms with Gasteiger partial charge in [-0.15, -0.1) is 0 Å². The second-order valence-electron chi connectivity index (χ2n) is 7.12. The summed E-state index contributed by atoms with van der Waals surface area (Å²) in [5.41, 5.74) is 2.85. The second-order valence-corrected chi connectivity index (χ2v) is 7.12. The molecule has 134 valence electrons. The topological polar surface area (TPSA) is 49.9 Å². The molecule has 1 spiro atoms. The lowest BCUT2D eigenvalue weighted by molar-refractivity contribution is -0.122. The molecular formula is C21H22N2O3. The van der Waals surface area contributed by atoms with Gasteiger partial charge < -0.3 is 14.5 Å². The van der Waals surface area contributed by atoms with Crippen molar-refractivity contribution in [2.45, 2.75) is 18.8 Å². The zero-order valence-corrected chi connectivity index (χ0v) is 15.3. The van der Waals surface area contributed by atoms with Gasteiger partial charge in [-0.2, -0.15) is 0 Å². The molecule has 2 amide bonds. The number of hydrogen-bond acceptors (Lipinski definition) is 3. The fourth-order valence-electron chi connectivity index (χ4n) is 4.22. The third-order valence-corrected chi connectivity index (χ3v) is 5.73. The lowest BCUT2D eigenvalue weighted by atomic mass is 9.81. The molecule has 0 N–H and O–H groups in total. The molecule has 1 atom stereocenters. The molecule has 2 aliphatic rings. The monoisotopic (exact) mass is 350 g/mol. The number of benzene rings is 2. The van der Waals surface area contributed by atoms with Crippen LogP contribution >= 0.6 is 0 Å². The molecule has 0 bridgehead atoms. The normalized spacial score (nSPS) is 21.4. The molecule has 4 rings (SSSR count). The summed E-state index contributed by atoms with van der Waals surface area (Å²) < 4.78 is 5.36. The van der Waals surface area contributed by atoms with Crippen molar-refractivity contribution in [1.29, 1.82) is 0 Å². The highest BCUT2D eigenvalue weighted by molar-refractivity contribution is 6.09. The van der Waals surface area contributed by atoms with Crippen LogP contribution in [0.5, 0.6) is 5.75 Å². The van der Waals surface area contributed by atoms with Gasteiger partial charge in [0.15, 0.2) is 0 Å². The molecule has 1 fully saturated rings. The third kappa shape index (κ3) is 2.23. The van der Waals surface area contributed by atoms with Gasteiger partial charge in [0.25, 0.3) is 5.91 Å². The first-order valence-corrected chi connectivity index (χ1v) is 8.79. The minimum Gasteiger partial charge on any atom is -0.497 e. The molecule has 0 saturated carbocycles. The molecule has 0 aliphatic carbocycles. The number of nitrogens with zero attached hydrogens (tertiary/aromatic N) is 2. The minimum absolute atomic E-state index is 0.00762. The summed E-state index contributed by atoms with van der Waals surface area (Å²) in [7, 11) is 3.42. The number of methoxy groups -OCH3 is 1. The maximum absolute atomic E-state index is 13.1. The van der Waals surface area contributed by atoms with Crippen LogP contribution in [0.1, 0.15) is 27.9 Å². The van der Waals surface area contributed by atoms with Gasteiger partial charge in [0.2, 0.25) is 5.91 Å². The average molecular weight is 350 g/mol. The number of carbonyl (C=O) groups excluding carboxylic acids is 2. The number of likely N-dealkylation sites (N-methyl/N-ethyl adjacent to an activating group) is 1. The first kappa shape index (κ1) is 16.6. The standard InChI is InChI=1S/C21H22N2O3/c1-14-6-4-5-7-16(14)19(24)23-11-10-21(13-23)17-12-15(26-3)8-9-18(17)22(2)20(21)25/h4-9,12H,10-11,13H2,1-3H3/t21-/m0/s1. The smallest absolute Gasteiger partial charge is 0.254 e. The van der Waals surface area contributed by atoms with Crippen LogP contribution in [-0.4, -0.2) is 44.0 Å². The lowest BCUT2D eigenvalue weighted by Crippen LogP contribution is -2.42. The number of aryl methyl sites for hydroxylation is 1. The number of carbonyl (C=O) groups is 2. The molecule has 5 nitrogen and oxygen atoms in total. The van der Waals surface area contributed by atoms with Gasteiger partial charge >= 0.3 is 0 Å². The largest absolute Gasteiger partial charge is 0.497 e. The summed E-state index contributed by atoms with van der Waals surface area (Å²) in [6, 6.07) is 13.3. The Labute approximate surface area is 153 Å². The van der Waals surface area contributed by atoms with Crippen LogP contribution in [0.15, 0.2) is 42.5 Å². The maximum atomic E-state index is 13.1. The minimum atomic E-state index is -0.670. The van der Waals surface area contributed by atoms with Gasteiger partial charge in [-0.3, -0.25) is 9.59 Å². The maximum Gasteiger partial charge on any atom is 0.254 e. The predicted octanol–water partition coefficient (Wildman–Crippen LogP) is 2.76. The summed E-state index contributed by atoms with van der Waals surface area (Å²) in [6.45, 7) is 2.92. The molecule has 1 saturated heterocycles. The zero-order chi connectivity index (χ0) is 18.5. The van der Waals surface area contributed by atoms with E-state index < -0.39 is 5.41 Å². The van der Waals surface area contributed by atoms with E-state index in [1.165, 1.54) is 0 Å². The van der Waals surface area contributed by atoms with Gasteiger partial charge in [0.05, 0.1) is 12.5 Å². The van der Waals surface area contributed by atoms with Crippen molar-refractivity contribution < 1.29 is 14.3 Å². The Morgan fingerprint density at radius 2 is 1.96 bits per heavy atom. The van der Waals surface area contributed by atoms with Crippen molar-refractivity contribution in [2.75, 3.05) is 32.1 Å². The quantitative estimate of drug-likeness (QED) is 0.837. The van der Waals surface area contributed by atoms with E-state index in [2.05, 4.69) is 0 Å². The molecule has 0 unspecified atom stereocenters. The van der Waals surface area contributed by atoms with E-state index in [9.17, 15) is 9.59 Å². The molecule has 0 aromatic heterocycles. The van der Waals surface area contributed by atoms with E-state index in [0.29, 0.717) is 25.1 Å². The van der Waals surface area contributed by atoms with E-state index in [1.54, 1.807) is 19.1 Å². The molecule has 2 aromatic rings. The average Bonchev–Trinajstić information content (AvgIpc) is 3.19. The first-order valence-electron chi connectivity index (χ1n) is 8.79. The van der Waals surface area contributed by atoms with Crippen molar-refractivity contribution in [3.63, 3.8) is 0 Å².